The van der Waals surface area contributed by atoms with Crippen molar-refractivity contribution >= 4 is 5.97 Å². The summed E-state index contributed by atoms with van der Waals surface area (Å²) in [4.78, 5) is 17.0. The zero-order chi connectivity index (χ0) is 12.0. The molecule has 16 heavy (non-hydrogen) atoms. The highest BCUT2D eigenvalue weighted by Crippen LogP contribution is 2.02. The summed E-state index contributed by atoms with van der Waals surface area (Å²) in [5.74, 6) is 0.957. The number of carbonyl (C=O) groups excluding carboxylic acids is 1. The van der Waals surface area contributed by atoms with Crippen LogP contribution in [0.15, 0.2) is 4.52 Å². The van der Waals surface area contributed by atoms with E-state index in [1.807, 2.05) is 6.92 Å². The molecule has 6 heteroatoms. The lowest BCUT2D eigenvalue weighted by molar-refractivity contribution is -0.141. The number of aryl methyl sites for hydroxylation is 1. The van der Waals surface area contributed by atoms with Gasteiger partial charge in [-0.2, -0.15) is 4.98 Å². The molecular formula is C10H17N3O3. The fourth-order valence-corrected chi connectivity index (χ4v) is 1.25. The maximum atomic E-state index is 11.0. The number of methoxy groups -OCH3 is 1. The molecule has 1 heterocycles. The van der Waals surface area contributed by atoms with Gasteiger partial charge < -0.3 is 9.26 Å². The van der Waals surface area contributed by atoms with E-state index in [9.17, 15) is 4.79 Å². The summed E-state index contributed by atoms with van der Waals surface area (Å²) in [6.45, 7) is 2.74. The molecule has 0 aromatic carbocycles. The zero-order valence-corrected chi connectivity index (χ0v) is 9.89. The molecule has 0 radical (unpaired) electrons. The van der Waals surface area contributed by atoms with Gasteiger partial charge in [-0.25, -0.2) is 0 Å². The molecule has 0 aliphatic carbocycles. The molecule has 6 nitrogen and oxygen atoms in total. The summed E-state index contributed by atoms with van der Waals surface area (Å²) >= 11 is 0. The molecule has 0 spiro atoms. The monoisotopic (exact) mass is 227 g/mol. The third-order valence-corrected chi connectivity index (χ3v) is 2.01. The van der Waals surface area contributed by atoms with Crippen LogP contribution in [-0.4, -0.2) is 41.7 Å². The van der Waals surface area contributed by atoms with Crippen LogP contribution in [0, 0.1) is 0 Å². The Bertz CT molecular complexity index is 338. The summed E-state index contributed by atoms with van der Waals surface area (Å²) in [5.41, 5.74) is 0. The SMILES string of the molecule is CCCc1nc(CN(C)CC(=O)OC)no1. The molecule has 0 atom stereocenters. The molecule has 1 rings (SSSR count). The predicted octanol–water partition coefficient (Wildman–Crippen LogP) is 0.627. The molecule has 1 aromatic heterocycles. The van der Waals surface area contributed by atoms with Crippen molar-refractivity contribution in [1.82, 2.24) is 15.0 Å². The second-order valence-corrected chi connectivity index (χ2v) is 3.60. The molecule has 0 saturated carbocycles. The minimum atomic E-state index is -0.278. The molecule has 0 amide bonds. The van der Waals surface area contributed by atoms with E-state index in [0.717, 1.165) is 12.8 Å². The van der Waals surface area contributed by atoms with Gasteiger partial charge in [-0.3, -0.25) is 9.69 Å². The number of aromatic nitrogens is 2. The fourth-order valence-electron chi connectivity index (χ4n) is 1.25. The van der Waals surface area contributed by atoms with Crippen molar-refractivity contribution in [2.75, 3.05) is 20.7 Å². The molecule has 90 valence electrons. The number of esters is 1. The largest absolute Gasteiger partial charge is 0.468 e. The lowest BCUT2D eigenvalue weighted by atomic mass is 10.3. The second kappa shape index (κ2) is 6.22. The summed E-state index contributed by atoms with van der Waals surface area (Å²) < 4.78 is 9.59. The average Bonchev–Trinajstić information content (AvgIpc) is 2.65. The summed E-state index contributed by atoms with van der Waals surface area (Å²) in [6, 6.07) is 0. The van der Waals surface area contributed by atoms with Crippen LogP contribution in [0.4, 0.5) is 0 Å². The van der Waals surface area contributed by atoms with Crippen LogP contribution < -0.4 is 0 Å². The standard InChI is InChI=1S/C10H17N3O3/c1-4-5-9-11-8(12-16-9)6-13(2)7-10(14)15-3/h4-7H2,1-3H3. The van der Waals surface area contributed by atoms with Gasteiger partial charge in [-0.1, -0.05) is 12.1 Å². The van der Waals surface area contributed by atoms with E-state index >= 15 is 0 Å². The minimum Gasteiger partial charge on any atom is -0.468 e. The Balaban J connectivity index is 2.43. The van der Waals surface area contributed by atoms with Gasteiger partial charge in [0.2, 0.25) is 5.89 Å². The number of carbonyl (C=O) groups is 1. The van der Waals surface area contributed by atoms with Gasteiger partial charge in [0.15, 0.2) is 5.82 Å². The molecule has 0 N–H and O–H groups in total. The van der Waals surface area contributed by atoms with E-state index in [0.29, 0.717) is 18.3 Å². The summed E-state index contributed by atoms with van der Waals surface area (Å²) in [6.07, 6.45) is 1.76. The molecule has 0 bridgehead atoms. The van der Waals surface area contributed by atoms with Crippen molar-refractivity contribution in [2.45, 2.75) is 26.3 Å². The number of nitrogens with zero attached hydrogens (tertiary/aromatic N) is 3. The zero-order valence-electron chi connectivity index (χ0n) is 9.89. The Morgan fingerprint density at radius 2 is 2.31 bits per heavy atom. The third kappa shape index (κ3) is 3.98. The van der Waals surface area contributed by atoms with Gasteiger partial charge in [-0.15, -0.1) is 0 Å². The molecule has 1 aromatic rings. The Kier molecular flexibility index (Phi) is 4.91. The highest BCUT2D eigenvalue weighted by molar-refractivity contribution is 5.71. The van der Waals surface area contributed by atoms with Crippen molar-refractivity contribution in [3.63, 3.8) is 0 Å². The number of hydrogen-bond donors (Lipinski definition) is 0. The maximum Gasteiger partial charge on any atom is 0.319 e. The van der Waals surface area contributed by atoms with Crippen molar-refractivity contribution in [2.24, 2.45) is 0 Å². The quantitative estimate of drug-likeness (QED) is 0.664. The topological polar surface area (TPSA) is 68.5 Å². The van der Waals surface area contributed by atoms with E-state index in [-0.39, 0.29) is 12.5 Å². The van der Waals surface area contributed by atoms with Crippen LogP contribution in [0.3, 0.4) is 0 Å². The molecule has 0 saturated heterocycles. The number of ether oxygens (including phenoxy) is 1. The average molecular weight is 227 g/mol. The van der Waals surface area contributed by atoms with Crippen LogP contribution >= 0.6 is 0 Å². The van der Waals surface area contributed by atoms with Crippen molar-refractivity contribution < 1.29 is 14.1 Å². The molecule has 0 fully saturated rings. The number of likely N-dealkylation sites (N-methyl/N-ethyl adjacent to an activating group) is 1. The highest BCUT2D eigenvalue weighted by Gasteiger charge is 2.11. The Morgan fingerprint density at radius 1 is 1.56 bits per heavy atom. The van der Waals surface area contributed by atoms with E-state index in [1.165, 1.54) is 7.11 Å². The van der Waals surface area contributed by atoms with Crippen molar-refractivity contribution in [3.8, 4) is 0 Å². The smallest absolute Gasteiger partial charge is 0.319 e. The lowest BCUT2D eigenvalue weighted by Gasteiger charge is -2.11. The van der Waals surface area contributed by atoms with Gasteiger partial charge in [0, 0.05) is 6.42 Å². The molecule has 0 aliphatic heterocycles. The van der Waals surface area contributed by atoms with Crippen LogP contribution in [-0.2, 0) is 22.5 Å². The summed E-state index contributed by atoms with van der Waals surface area (Å²) in [7, 11) is 3.16. The van der Waals surface area contributed by atoms with Crippen molar-refractivity contribution in [1.29, 1.82) is 0 Å². The number of hydrogen-bond acceptors (Lipinski definition) is 6. The van der Waals surface area contributed by atoms with Crippen LogP contribution in [0.2, 0.25) is 0 Å². The van der Waals surface area contributed by atoms with E-state index < -0.39 is 0 Å². The first kappa shape index (κ1) is 12.6. The first-order valence-corrected chi connectivity index (χ1v) is 5.22. The first-order chi connectivity index (χ1) is 7.65. The highest BCUT2D eigenvalue weighted by atomic mass is 16.5. The maximum absolute atomic E-state index is 11.0. The van der Waals surface area contributed by atoms with E-state index in [4.69, 9.17) is 4.52 Å². The predicted molar refractivity (Wildman–Crippen MR) is 56.6 cm³/mol. The Labute approximate surface area is 94.6 Å². The van der Waals surface area contributed by atoms with Crippen LogP contribution in [0.1, 0.15) is 25.1 Å². The first-order valence-electron chi connectivity index (χ1n) is 5.22. The van der Waals surface area contributed by atoms with Gasteiger partial charge in [-0.05, 0) is 13.5 Å². The molecule has 0 aliphatic rings. The van der Waals surface area contributed by atoms with Crippen molar-refractivity contribution in [3.05, 3.63) is 11.7 Å². The molecule has 0 unspecified atom stereocenters. The van der Waals surface area contributed by atoms with Gasteiger partial charge in [0.1, 0.15) is 0 Å². The summed E-state index contributed by atoms with van der Waals surface area (Å²) in [5, 5.41) is 3.83. The van der Waals surface area contributed by atoms with Crippen LogP contribution in [0.25, 0.3) is 0 Å². The third-order valence-electron chi connectivity index (χ3n) is 2.01. The number of rotatable bonds is 6. The molecular weight excluding hydrogens is 210 g/mol. The Morgan fingerprint density at radius 3 is 2.94 bits per heavy atom. The van der Waals surface area contributed by atoms with Crippen LogP contribution in [0.5, 0.6) is 0 Å². The van der Waals surface area contributed by atoms with Gasteiger partial charge in [0.25, 0.3) is 0 Å². The van der Waals surface area contributed by atoms with E-state index in [2.05, 4.69) is 14.9 Å². The lowest BCUT2D eigenvalue weighted by Crippen LogP contribution is -2.26. The fraction of sp³-hybridized carbons (Fsp3) is 0.700. The van der Waals surface area contributed by atoms with Gasteiger partial charge in [0.05, 0.1) is 20.2 Å². The minimum absolute atomic E-state index is 0.216. The van der Waals surface area contributed by atoms with Gasteiger partial charge >= 0.3 is 5.97 Å². The van der Waals surface area contributed by atoms with E-state index in [1.54, 1.807) is 11.9 Å². The Hall–Kier alpha value is -1.43. The normalized spacial score (nSPS) is 10.8. The second-order valence-electron chi connectivity index (χ2n) is 3.60.